The van der Waals surface area contributed by atoms with Crippen molar-refractivity contribution in [3.8, 4) is 11.4 Å². The minimum absolute atomic E-state index is 0.460. The number of benzene rings is 2. The molecule has 100 valence electrons. The number of nitrogens with zero attached hydrogens (tertiary/aromatic N) is 2. The summed E-state index contributed by atoms with van der Waals surface area (Å²) >= 11 is 11.9. The summed E-state index contributed by atoms with van der Waals surface area (Å²) in [6.45, 7) is 0. The fraction of sp³-hybridized carbons (Fsp3) is 0. The molecule has 20 heavy (non-hydrogen) atoms. The topological polar surface area (TPSA) is 53.6 Å². The van der Waals surface area contributed by atoms with Crippen LogP contribution in [0.4, 0.5) is 11.6 Å². The van der Waals surface area contributed by atoms with Crippen molar-refractivity contribution in [3.63, 3.8) is 0 Å². The fourth-order valence-electron chi connectivity index (χ4n) is 1.80. The van der Waals surface area contributed by atoms with Crippen molar-refractivity contribution < 1.29 is 0 Å². The lowest BCUT2D eigenvalue weighted by atomic mass is 10.2. The molecule has 0 aliphatic carbocycles. The predicted octanol–water partition coefficient (Wildman–Crippen LogP) is 4.52. The van der Waals surface area contributed by atoms with Crippen LogP contribution in [0.2, 0.25) is 10.0 Å². The zero-order chi connectivity index (χ0) is 13.9. The SMILES string of the molecule is Clc1cc(Cl)cc(Nc2n[nH]c(-c3ccccc3)n2)c1. The minimum atomic E-state index is 0.460. The molecule has 0 aliphatic rings. The van der Waals surface area contributed by atoms with Crippen molar-refractivity contribution >= 4 is 34.8 Å². The van der Waals surface area contributed by atoms with E-state index in [4.69, 9.17) is 23.2 Å². The molecule has 1 aromatic heterocycles. The molecule has 3 rings (SSSR count). The van der Waals surface area contributed by atoms with Gasteiger partial charge in [-0.15, -0.1) is 5.10 Å². The second kappa shape index (κ2) is 5.53. The number of nitrogens with one attached hydrogen (secondary N) is 2. The van der Waals surface area contributed by atoms with Crippen LogP contribution >= 0.6 is 23.2 Å². The Bertz CT molecular complexity index is 705. The molecule has 6 heteroatoms. The highest BCUT2D eigenvalue weighted by Gasteiger charge is 2.06. The van der Waals surface area contributed by atoms with Crippen LogP contribution in [0.1, 0.15) is 0 Å². The number of rotatable bonds is 3. The van der Waals surface area contributed by atoms with Crippen molar-refractivity contribution in [2.75, 3.05) is 5.32 Å². The largest absolute Gasteiger partial charge is 0.323 e. The monoisotopic (exact) mass is 304 g/mol. The number of anilines is 2. The normalized spacial score (nSPS) is 10.5. The maximum Gasteiger partial charge on any atom is 0.246 e. The van der Waals surface area contributed by atoms with Gasteiger partial charge in [-0.25, -0.2) is 0 Å². The van der Waals surface area contributed by atoms with Gasteiger partial charge >= 0.3 is 0 Å². The van der Waals surface area contributed by atoms with Crippen LogP contribution in [0.5, 0.6) is 0 Å². The lowest BCUT2D eigenvalue weighted by Crippen LogP contribution is -1.92. The van der Waals surface area contributed by atoms with Gasteiger partial charge in [0.25, 0.3) is 0 Å². The molecule has 0 unspecified atom stereocenters. The van der Waals surface area contributed by atoms with Crippen LogP contribution in [-0.4, -0.2) is 15.2 Å². The lowest BCUT2D eigenvalue weighted by Gasteiger charge is -2.02. The Hall–Kier alpha value is -2.04. The van der Waals surface area contributed by atoms with Gasteiger partial charge in [0.05, 0.1) is 0 Å². The Morgan fingerprint density at radius 1 is 0.950 bits per heavy atom. The first kappa shape index (κ1) is 13.0. The molecule has 0 amide bonds. The van der Waals surface area contributed by atoms with Crippen molar-refractivity contribution in [3.05, 3.63) is 58.6 Å². The van der Waals surface area contributed by atoms with Crippen molar-refractivity contribution in [1.82, 2.24) is 15.2 Å². The molecule has 0 saturated heterocycles. The summed E-state index contributed by atoms with van der Waals surface area (Å²) in [4.78, 5) is 4.37. The molecular formula is C14H10Cl2N4. The van der Waals surface area contributed by atoms with E-state index in [9.17, 15) is 0 Å². The lowest BCUT2D eigenvalue weighted by molar-refractivity contribution is 1.10. The first-order valence-electron chi connectivity index (χ1n) is 5.92. The predicted molar refractivity (Wildman–Crippen MR) is 81.6 cm³/mol. The first-order valence-corrected chi connectivity index (χ1v) is 6.67. The number of H-pyrrole nitrogens is 1. The third kappa shape index (κ3) is 2.92. The first-order chi connectivity index (χ1) is 9.70. The molecule has 0 spiro atoms. The van der Waals surface area contributed by atoms with Gasteiger partial charge in [0.1, 0.15) is 0 Å². The summed E-state index contributed by atoms with van der Waals surface area (Å²) in [6.07, 6.45) is 0. The van der Waals surface area contributed by atoms with Crippen molar-refractivity contribution in [2.24, 2.45) is 0 Å². The molecule has 0 saturated carbocycles. The molecule has 0 atom stereocenters. The third-order valence-corrected chi connectivity index (χ3v) is 3.09. The van der Waals surface area contributed by atoms with Gasteiger partial charge < -0.3 is 5.32 Å². The highest BCUT2D eigenvalue weighted by Crippen LogP contribution is 2.24. The standard InChI is InChI=1S/C14H10Cl2N4/c15-10-6-11(16)8-12(7-10)17-14-18-13(19-20-14)9-4-2-1-3-5-9/h1-8H,(H2,17,18,19,20). The van der Waals surface area contributed by atoms with E-state index < -0.39 is 0 Å². The van der Waals surface area contributed by atoms with Crippen LogP contribution in [-0.2, 0) is 0 Å². The second-order valence-electron chi connectivity index (χ2n) is 4.16. The quantitative estimate of drug-likeness (QED) is 0.748. The second-order valence-corrected chi connectivity index (χ2v) is 5.03. The summed E-state index contributed by atoms with van der Waals surface area (Å²) in [7, 11) is 0. The van der Waals surface area contributed by atoms with Gasteiger partial charge in [-0.3, -0.25) is 5.10 Å². The van der Waals surface area contributed by atoms with Gasteiger partial charge in [0.15, 0.2) is 5.82 Å². The number of aromatic nitrogens is 3. The molecule has 2 aromatic carbocycles. The zero-order valence-corrected chi connectivity index (χ0v) is 11.8. The Morgan fingerprint density at radius 2 is 1.65 bits per heavy atom. The van der Waals surface area contributed by atoms with Gasteiger partial charge in [-0.05, 0) is 18.2 Å². The number of hydrogen-bond acceptors (Lipinski definition) is 3. The smallest absolute Gasteiger partial charge is 0.246 e. The molecular weight excluding hydrogens is 295 g/mol. The van der Waals surface area contributed by atoms with E-state index in [2.05, 4.69) is 20.5 Å². The van der Waals surface area contributed by atoms with E-state index >= 15 is 0 Å². The van der Waals surface area contributed by atoms with E-state index in [0.29, 0.717) is 21.8 Å². The molecule has 4 nitrogen and oxygen atoms in total. The average molecular weight is 305 g/mol. The van der Waals surface area contributed by atoms with Crippen molar-refractivity contribution in [2.45, 2.75) is 0 Å². The molecule has 0 radical (unpaired) electrons. The Labute approximate surface area is 125 Å². The van der Waals surface area contributed by atoms with Crippen LogP contribution in [0, 0.1) is 0 Å². The van der Waals surface area contributed by atoms with E-state index in [1.54, 1.807) is 18.2 Å². The Kier molecular flexibility index (Phi) is 3.58. The summed E-state index contributed by atoms with van der Waals surface area (Å²) in [5, 5.41) is 11.2. The minimum Gasteiger partial charge on any atom is -0.323 e. The summed E-state index contributed by atoms with van der Waals surface area (Å²) < 4.78 is 0. The molecule has 3 aromatic rings. The van der Waals surface area contributed by atoms with Gasteiger partial charge in [0.2, 0.25) is 5.95 Å². The summed E-state index contributed by atoms with van der Waals surface area (Å²) in [5.74, 6) is 1.16. The molecule has 0 bridgehead atoms. The summed E-state index contributed by atoms with van der Waals surface area (Å²) in [5.41, 5.74) is 1.71. The highest BCUT2D eigenvalue weighted by atomic mass is 35.5. The Balaban J connectivity index is 1.84. The van der Waals surface area contributed by atoms with Crippen molar-refractivity contribution in [1.29, 1.82) is 0 Å². The van der Waals surface area contributed by atoms with Crippen LogP contribution in [0.25, 0.3) is 11.4 Å². The fourth-order valence-corrected chi connectivity index (χ4v) is 2.32. The average Bonchev–Trinajstić information content (AvgIpc) is 2.87. The molecule has 2 N–H and O–H groups in total. The van der Waals surface area contributed by atoms with Crippen LogP contribution in [0.15, 0.2) is 48.5 Å². The van der Waals surface area contributed by atoms with E-state index in [1.165, 1.54) is 0 Å². The van der Waals surface area contributed by atoms with Crippen LogP contribution < -0.4 is 5.32 Å². The van der Waals surface area contributed by atoms with Gasteiger partial charge in [-0.2, -0.15) is 4.98 Å². The Morgan fingerprint density at radius 3 is 2.35 bits per heavy atom. The molecule has 0 aliphatic heterocycles. The van der Waals surface area contributed by atoms with Crippen LogP contribution in [0.3, 0.4) is 0 Å². The molecule has 1 heterocycles. The van der Waals surface area contributed by atoms with E-state index in [0.717, 1.165) is 11.3 Å². The third-order valence-electron chi connectivity index (χ3n) is 2.65. The number of aromatic amines is 1. The number of halogens is 2. The van der Waals surface area contributed by atoms with Gasteiger partial charge in [0, 0.05) is 21.3 Å². The highest BCUT2D eigenvalue weighted by molar-refractivity contribution is 6.35. The maximum absolute atomic E-state index is 5.94. The molecule has 0 fully saturated rings. The van der Waals surface area contributed by atoms with E-state index in [1.807, 2.05) is 30.3 Å². The van der Waals surface area contributed by atoms with Gasteiger partial charge in [-0.1, -0.05) is 53.5 Å². The van der Waals surface area contributed by atoms with E-state index in [-0.39, 0.29) is 0 Å². The summed E-state index contributed by atoms with van der Waals surface area (Å²) in [6, 6.07) is 14.9. The zero-order valence-electron chi connectivity index (χ0n) is 10.3. The number of hydrogen-bond donors (Lipinski definition) is 2. The maximum atomic E-state index is 5.94.